The third kappa shape index (κ3) is 3.16. The molecule has 2 N–H and O–H groups in total. The van der Waals surface area contributed by atoms with Crippen LogP contribution in [0.5, 0.6) is 0 Å². The number of aromatic nitrogens is 1. The first-order valence-electron chi connectivity index (χ1n) is 5.84. The maximum atomic E-state index is 10.7. The van der Waals surface area contributed by atoms with Gasteiger partial charge in [0, 0.05) is 24.7 Å². The quantitative estimate of drug-likeness (QED) is 0.692. The SMILES string of the molecule is CN(Cc1ccc(Cl)cc1)c1ccc([N+](=O)[O-])c(N)n1. The predicted molar refractivity (Wildman–Crippen MR) is 78.9 cm³/mol. The first-order chi connectivity index (χ1) is 9.47. The lowest BCUT2D eigenvalue weighted by molar-refractivity contribution is -0.384. The van der Waals surface area contributed by atoms with Gasteiger partial charge in [-0.15, -0.1) is 0 Å². The molecule has 1 aromatic carbocycles. The number of hydrogen-bond donors (Lipinski definition) is 1. The minimum absolute atomic E-state index is 0.0875. The fourth-order valence-corrected chi connectivity index (χ4v) is 1.89. The van der Waals surface area contributed by atoms with Gasteiger partial charge in [0.2, 0.25) is 5.82 Å². The summed E-state index contributed by atoms with van der Waals surface area (Å²) in [7, 11) is 1.84. The van der Waals surface area contributed by atoms with E-state index in [1.54, 1.807) is 6.07 Å². The highest BCUT2D eigenvalue weighted by Gasteiger charge is 2.14. The van der Waals surface area contributed by atoms with Crippen LogP contribution in [0.2, 0.25) is 5.02 Å². The standard InChI is InChI=1S/C13H13ClN4O2/c1-17(8-9-2-4-10(14)5-3-9)12-7-6-11(18(19)20)13(15)16-12/h2-7H,8H2,1H3,(H2,15,16). The molecule has 104 valence electrons. The van der Waals surface area contributed by atoms with Crippen molar-refractivity contribution in [2.75, 3.05) is 17.7 Å². The number of nitrogens with two attached hydrogens (primary N) is 1. The summed E-state index contributed by atoms with van der Waals surface area (Å²) in [5, 5.41) is 11.4. The monoisotopic (exact) mass is 292 g/mol. The molecule has 0 unspecified atom stereocenters. The normalized spacial score (nSPS) is 10.3. The van der Waals surface area contributed by atoms with Crippen molar-refractivity contribution in [3.8, 4) is 0 Å². The number of nitrogen functional groups attached to an aromatic ring is 1. The highest BCUT2D eigenvalue weighted by Crippen LogP contribution is 2.23. The lowest BCUT2D eigenvalue weighted by Gasteiger charge is -2.18. The summed E-state index contributed by atoms with van der Waals surface area (Å²) in [5.74, 6) is 0.485. The second-order valence-electron chi connectivity index (χ2n) is 4.31. The summed E-state index contributed by atoms with van der Waals surface area (Å²) in [6.07, 6.45) is 0. The molecule has 0 spiro atoms. The Labute approximate surface area is 120 Å². The molecule has 0 aliphatic rings. The van der Waals surface area contributed by atoms with Crippen LogP contribution in [0, 0.1) is 10.1 Å². The molecule has 0 bridgehead atoms. The number of rotatable bonds is 4. The van der Waals surface area contributed by atoms with Crippen LogP contribution < -0.4 is 10.6 Å². The number of halogens is 1. The van der Waals surface area contributed by atoms with E-state index in [4.69, 9.17) is 17.3 Å². The molecule has 0 atom stereocenters. The van der Waals surface area contributed by atoms with Gasteiger partial charge in [-0.1, -0.05) is 23.7 Å². The minimum atomic E-state index is -0.550. The van der Waals surface area contributed by atoms with Crippen molar-refractivity contribution in [3.05, 3.63) is 57.1 Å². The van der Waals surface area contributed by atoms with Crippen molar-refractivity contribution in [1.82, 2.24) is 4.98 Å². The second kappa shape index (κ2) is 5.75. The van der Waals surface area contributed by atoms with E-state index in [9.17, 15) is 10.1 Å². The van der Waals surface area contributed by atoms with Gasteiger partial charge in [-0.2, -0.15) is 0 Å². The Bertz CT molecular complexity index is 631. The van der Waals surface area contributed by atoms with Crippen LogP contribution >= 0.6 is 11.6 Å². The largest absolute Gasteiger partial charge is 0.378 e. The van der Waals surface area contributed by atoms with E-state index in [1.165, 1.54) is 6.07 Å². The summed E-state index contributed by atoms with van der Waals surface area (Å²) < 4.78 is 0. The van der Waals surface area contributed by atoms with Gasteiger partial charge in [0.25, 0.3) is 0 Å². The summed E-state index contributed by atoms with van der Waals surface area (Å²) in [5.41, 5.74) is 6.44. The van der Waals surface area contributed by atoms with Gasteiger partial charge in [-0.3, -0.25) is 10.1 Å². The summed E-state index contributed by atoms with van der Waals surface area (Å²) in [6.45, 7) is 0.599. The third-order valence-electron chi connectivity index (χ3n) is 2.81. The maximum absolute atomic E-state index is 10.7. The van der Waals surface area contributed by atoms with Crippen molar-refractivity contribution in [3.63, 3.8) is 0 Å². The minimum Gasteiger partial charge on any atom is -0.378 e. The van der Waals surface area contributed by atoms with E-state index in [0.29, 0.717) is 17.4 Å². The molecule has 7 heteroatoms. The Balaban J connectivity index is 2.17. The van der Waals surface area contributed by atoms with E-state index < -0.39 is 4.92 Å². The molecular weight excluding hydrogens is 280 g/mol. The number of anilines is 2. The van der Waals surface area contributed by atoms with Gasteiger partial charge in [0.15, 0.2) is 0 Å². The zero-order chi connectivity index (χ0) is 14.7. The smallest absolute Gasteiger partial charge is 0.311 e. The summed E-state index contributed by atoms with van der Waals surface area (Å²) in [6, 6.07) is 10.4. The van der Waals surface area contributed by atoms with Crippen molar-refractivity contribution in [2.45, 2.75) is 6.54 Å². The Kier molecular flexibility index (Phi) is 4.05. The van der Waals surface area contributed by atoms with Crippen molar-refractivity contribution < 1.29 is 4.92 Å². The average molecular weight is 293 g/mol. The molecule has 6 nitrogen and oxygen atoms in total. The van der Waals surface area contributed by atoms with Crippen molar-refractivity contribution >= 4 is 28.9 Å². The number of nitrogens with zero attached hydrogens (tertiary/aromatic N) is 3. The van der Waals surface area contributed by atoms with Crippen LogP contribution in [0.25, 0.3) is 0 Å². The molecule has 0 saturated carbocycles. The Morgan fingerprint density at radius 1 is 1.30 bits per heavy atom. The zero-order valence-corrected chi connectivity index (χ0v) is 11.5. The Hall–Kier alpha value is -2.34. The molecule has 0 aliphatic carbocycles. The molecule has 0 aliphatic heterocycles. The average Bonchev–Trinajstić information content (AvgIpc) is 2.40. The van der Waals surface area contributed by atoms with E-state index in [1.807, 2.05) is 36.2 Å². The Morgan fingerprint density at radius 3 is 2.50 bits per heavy atom. The lowest BCUT2D eigenvalue weighted by Crippen LogP contribution is -2.18. The van der Waals surface area contributed by atoms with Gasteiger partial charge in [-0.05, 0) is 23.8 Å². The van der Waals surface area contributed by atoms with E-state index in [0.717, 1.165) is 5.56 Å². The number of hydrogen-bond acceptors (Lipinski definition) is 5. The predicted octanol–water partition coefficient (Wildman–Crippen LogP) is 2.86. The van der Waals surface area contributed by atoms with Gasteiger partial charge >= 0.3 is 5.69 Å². The van der Waals surface area contributed by atoms with Crippen LogP contribution in [0.4, 0.5) is 17.3 Å². The van der Waals surface area contributed by atoms with Crippen LogP contribution in [-0.2, 0) is 6.54 Å². The van der Waals surface area contributed by atoms with Crippen LogP contribution in [-0.4, -0.2) is 17.0 Å². The van der Waals surface area contributed by atoms with Crippen LogP contribution in [0.15, 0.2) is 36.4 Å². The highest BCUT2D eigenvalue weighted by molar-refractivity contribution is 6.30. The topological polar surface area (TPSA) is 85.3 Å². The molecular formula is C13H13ClN4O2. The first kappa shape index (κ1) is 14.1. The van der Waals surface area contributed by atoms with Crippen LogP contribution in [0.3, 0.4) is 0 Å². The molecule has 0 fully saturated rings. The summed E-state index contributed by atoms with van der Waals surface area (Å²) >= 11 is 5.83. The fourth-order valence-electron chi connectivity index (χ4n) is 1.77. The van der Waals surface area contributed by atoms with Gasteiger partial charge in [0.05, 0.1) is 4.92 Å². The highest BCUT2D eigenvalue weighted by atomic mass is 35.5. The van der Waals surface area contributed by atoms with Crippen molar-refractivity contribution in [1.29, 1.82) is 0 Å². The molecule has 20 heavy (non-hydrogen) atoms. The number of nitro groups is 1. The second-order valence-corrected chi connectivity index (χ2v) is 4.75. The molecule has 0 amide bonds. The fraction of sp³-hybridized carbons (Fsp3) is 0.154. The first-order valence-corrected chi connectivity index (χ1v) is 6.21. The van der Waals surface area contributed by atoms with E-state index >= 15 is 0 Å². The number of pyridine rings is 1. The summed E-state index contributed by atoms with van der Waals surface area (Å²) in [4.78, 5) is 16.0. The van der Waals surface area contributed by atoms with Gasteiger partial charge in [-0.25, -0.2) is 4.98 Å². The van der Waals surface area contributed by atoms with Gasteiger partial charge in [0.1, 0.15) is 5.82 Å². The van der Waals surface area contributed by atoms with Gasteiger partial charge < -0.3 is 10.6 Å². The molecule has 2 aromatic rings. The molecule has 2 rings (SSSR count). The van der Waals surface area contributed by atoms with Crippen LogP contribution in [0.1, 0.15) is 5.56 Å². The molecule has 0 saturated heterocycles. The number of benzene rings is 1. The van der Waals surface area contributed by atoms with Crippen molar-refractivity contribution in [2.24, 2.45) is 0 Å². The molecule has 1 aromatic heterocycles. The zero-order valence-electron chi connectivity index (χ0n) is 10.8. The Morgan fingerprint density at radius 2 is 1.95 bits per heavy atom. The lowest BCUT2D eigenvalue weighted by atomic mass is 10.2. The third-order valence-corrected chi connectivity index (χ3v) is 3.06. The maximum Gasteiger partial charge on any atom is 0.311 e. The molecule has 1 heterocycles. The van der Waals surface area contributed by atoms with E-state index in [-0.39, 0.29) is 11.5 Å². The molecule has 0 radical (unpaired) electrons. The van der Waals surface area contributed by atoms with E-state index in [2.05, 4.69) is 4.98 Å².